The highest BCUT2D eigenvalue weighted by Crippen LogP contribution is 2.31. The number of halogens is 2. The van der Waals surface area contributed by atoms with E-state index in [2.05, 4.69) is 9.71 Å². The second-order valence-corrected chi connectivity index (χ2v) is 8.67. The second-order valence-electron chi connectivity index (χ2n) is 6.27. The zero-order chi connectivity index (χ0) is 21.9. The van der Waals surface area contributed by atoms with Crippen molar-refractivity contribution in [3.63, 3.8) is 0 Å². The van der Waals surface area contributed by atoms with Gasteiger partial charge in [-0.1, -0.05) is 47.5 Å². The smallest absolute Gasteiger partial charge is 0.263 e. The summed E-state index contributed by atoms with van der Waals surface area (Å²) in [7, 11) is -2.78. The first-order valence-electron chi connectivity index (χ1n) is 8.59. The van der Waals surface area contributed by atoms with Gasteiger partial charge >= 0.3 is 0 Å². The molecule has 0 unspecified atom stereocenters. The number of aromatic nitrogens is 1. The third-order valence-electron chi connectivity index (χ3n) is 4.24. The summed E-state index contributed by atoms with van der Waals surface area (Å²) >= 11 is 12.3. The number of carbonyl (C=O) groups is 1. The zero-order valence-corrected chi connectivity index (χ0v) is 18.1. The summed E-state index contributed by atoms with van der Waals surface area (Å²) in [6.07, 6.45) is 2.87. The number of methoxy groups -OCH3 is 1. The molecule has 0 aliphatic carbocycles. The molecule has 3 N–H and O–H groups in total. The number of nitrogens with zero attached hydrogens (tertiary/aromatic N) is 1. The minimum atomic E-state index is -4.21. The number of benzene rings is 2. The Labute approximate surface area is 183 Å². The minimum Gasteiger partial charge on any atom is -0.495 e. The van der Waals surface area contributed by atoms with Crippen LogP contribution < -0.4 is 15.2 Å². The predicted octanol–water partition coefficient (Wildman–Crippen LogP) is 3.89. The average Bonchev–Trinajstić information content (AvgIpc) is 2.71. The van der Waals surface area contributed by atoms with Gasteiger partial charge in [0, 0.05) is 12.5 Å². The van der Waals surface area contributed by atoms with E-state index in [4.69, 9.17) is 33.7 Å². The van der Waals surface area contributed by atoms with Gasteiger partial charge in [-0.05, 0) is 23.3 Å². The Bertz CT molecular complexity index is 1220. The Balaban J connectivity index is 2.11. The van der Waals surface area contributed by atoms with Crippen molar-refractivity contribution in [2.24, 2.45) is 5.73 Å². The van der Waals surface area contributed by atoms with Crippen LogP contribution in [0.25, 0.3) is 0 Å². The van der Waals surface area contributed by atoms with Crippen LogP contribution >= 0.6 is 23.2 Å². The van der Waals surface area contributed by atoms with E-state index in [-0.39, 0.29) is 22.6 Å². The molecule has 0 aliphatic rings. The van der Waals surface area contributed by atoms with Crippen LogP contribution in [0.1, 0.15) is 21.5 Å². The molecule has 7 nitrogen and oxygen atoms in total. The third-order valence-corrected chi connectivity index (χ3v) is 6.63. The molecule has 0 aliphatic heterocycles. The maximum Gasteiger partial charge on any atom is 0.263 e. The summed E-state index contributed by atoms with van der Waals surface area (Å²) in [6, 6.07) is 11.0. The number of nitrogens with two attached hydrogens (primary N) is 1. The Hall–Kier alpha value is -2.81. The largest absolute Gasteiger partial charge is 0.495 e. The van der Waals surface area contributed by atoms with Crippen molar-refractivity contribution in [3.05, 3.63) is 81.6 Å². The van der Waals surface area contributed by atoms with Crippen molar-refractivity contribution in [1.29, 1.82) is 0 Å². The summed E-state index contributed by atoms with van der Waals surface area (Å²) < 4.78 is 34.0. The molecule has 10 heteroatoms. The maximum atomic E-state index is 13.2. The lowest BCUT2D eigenvalue weighted by molar-refractivity contribution is 0.0997. The van der Waals surface area contributed by atoms with Gasteiger partial charge in [0.1, 0.15) is 10.6 Å². The van der Waals surface area contributed by atoms with E-state index >= 15 is 0 Å². The van der Waals surface area contributed by atoms with Gasteiger partial charge in [-0.3, -0.25) is 14.5 Å². The van der Waals surface area contributed by atoms with E-state index in [1.807, 2.05) is 0 Å². The van der Waals surface area contributed by atoms with Crippen LogP contribution in [0.2, 0.25) is 10.0 Å². The van der Waals surface area contributed by atoms with Crippen molar-refractivity contribution < 1.29 is 17.9 Å². The molecule has 0 atom stereocenters. The summed E-state index contributed by atoms with van der Waals surface area (Å²) in [5, 5.41) is 0.641. The number of primary amides is 1. The van der Waals surface area contributed by atoms with E-state index in [0.29, 0.717) is 26.9 Å². The first-order valence-corrected chi connectivity index (χ1v) is 10.8. The van der Waals surface area contributed by atoms with E-state index in [1.165, 1.54) is 31.6 Å². The number of pyridine rings is 1. The average molecular weight is 466 g/mol. The molecule has 0 saturated heterocycles. The van der Waals surface area contributed by atoms with Gasteiger partial charge in [0.05, 0.1) is 40.8 Å². The molecule has 0 radical (unpaired) electrons. The number of sulfonamides is 1. The number of ether oxygens (including phenoxy) is 1. The van der Waals surface area contributed by atoms with Gasteiger partial charge < -0.3 is 10.5 Å². The second kappa shape index (κ2) is 8.91. The molecule has 3 rings (SSSR count). The normalized spacial score (nSPS) is 11.2. The molecule has 156 valence electrons. The Morgan fingerprint density at radius 3 is 2.53 bits per heavy atom. The van der Waals surface area contributed by atoms with Gasteiger partial charge in [0.25, 0.3) is 10.0 Å². The van der Waals surface area contributed by atoms with Gasteiger partial charge in [-0.2, -0.15) is 0 Å². The molecule has 1 heterocycles. The zero-order valence-electron chi connectivity index (χ0n) is 15.7. The lowest BCUT2D eigenvalue weighted by atomic mass is 10.0. The van der Waals surface area contributed by atoms with Gasteiger partial charge in [0.2, 0.25) is 5.91 Å². The molecule has 1 aromatic heterocycles. The number of rotatable bonds is 7. The summed E-state index contributed by atoms with van der Waals surface area (Å²) in [4.78, 5) is 15.7. The molecule has 0 saturated carbocycles. The molecule has 0 fully saturated rings. The first kappa shape index (κ1) is 21.9. The lowest BCUT2D eigenvalue weighted by Crippen LogP contribution is -2.22. The van der Waals surface area contributed by atoms with E-state index in [0.717, 1.165) is 0 Å². The van der Waals surface area contributed by atoms with Crippen molar-refractivity contribution in [2.45, 2.75) is 11.3 Å². The number of nitrogens with one attached hydrogen (secondary N) is 1. The number of carbonyl (C=O) groups excluding carboxylic acids is 1. The quantitative estimate of drug-likeness (QED) is 0.549. The number of hydrogen-bond acceptors (Lipinski definition) is 5. The van der Waals surface area contributed by atoms with Crippen LogP contribution in [0, 0.1) is 0 Å². The summed E-state index contributed by atoms with van der Waals surface area (Å²) in [5.74, 6) is -0.512. The Morgan fingerprint density at radius 2 is 1.83 bits per heavy atom. The van der Waals surface area contributed by atoms with Crippen LogP contribution in [-0.2, 0) is 16.4 Å². The highest BCUT2D eigenvalue weighted by atomic mass is 35.5. The number of amides is 1. The Kier molecular flexibility index (Phi) is 6.50. The van der Waals surface area contributed by atoms with Crippen LogP contribution in [0.15, 0.2) is 59.8 Å². The van der Waals surface area contributed by atoms with Crippen molar-refractivity contribution in [1.82, 2.24) is 4.98 Å². The number of hydrogen-bond donors (Lipinski definition) is 2. The van der Waals surface area contributed by atoms with Crippen LogP contribution in [-0.4, -0.2) is 26.4 Å². The topological polar surface area (TPSA) is 111 Å². The molecule has 2 aromatic carbocycles. The fraction of sp³-hybridized carbons (Fsp3) is 0.100. The predicted molar refractivity (Wildman–Crippen MR) is 116 cm³/mol. The molecule has 30 heavy (non-hydrogen) atoms. The first-order chi connectivity index (χ1) is 14.2. The fourth-order valence-electron chi connectivity index (χ4n) is 2.92. The van der Waals surface area contributed by atoms with Gasteiger partial charge in [-0.15, -0.1) is 0 Å². The highest BCUT2D eigenvalue weighted by Gasteiger charge is 2.26. The van der Waals surface area contributed by atoms with E-state index in [1.54, 1.807) is 30.3 Å². The maximum absolute atomic E-state index is 13.2. The monoisotopic (exact) mass is 465 g/mol. The van der Waals surface area contributed by atoms with Gasteiger partial charge in [-0.25, -0.2) is 8.42 Å². The van der Waals surface area contributed by atoms with Crippen LogP contribution in [0.5, 0.6) is 5.75 Å². The SMILES string of the molecule is COc1cncc(NS(=O)(=O)c2c(Cc3cccc(Cl)c3Cl)cccc2C(N)=O)c1. The van der Waals surface area contributed by atoms with Crippen LogP contribution in [0.4, 0.5) is 5.69 Å². The summed E-state index contributed by atoms with van der Waals surface area (Å²) in [6.45, 7) is 0. The number of anilines is 1. The van der Waals surface area contributed by atoms with Crippen LogP contribution in [0.3, 0.4) is 0 Å². The van der Waals surface area contributed by atoms with E-state index < -0.39 is 15.9 Å². The molecular formula is C20H17Cl2N3O4S. The van der Waals surface area contributed by atoms with Crippen molar-refractivity contribution >= 4 is 44.8 Å². The van der Waals surface area contributed by atoms with Crippen molar-refractivity contribution in [3.8, 4) is 5.75 Å². The molecular weight excluding hydrogens is 449 g/mol. The standard InChI is InChI=1S/C20H17Cl2N3O4S/c1-29-15-9-14(10-24-11-15)25-30(27,28)19-13(5-2-6-16(19)20(23)26)8-12-4-3-7-17(21)18(12)22/h2-7,9-11,25H,8H2,1H3,(H2,23,26). The fourth-order valence-corrected chi connectivity index (χ4v) is 4.77. The molecule has 0 spiro atoms. The summed E-state index contributed by atoms with van der Waals surface area (Å²) in [5.41, 5.74) is 6.41. The molecule has 3 aromatic rings. The van der Waals surface area contributed by atoms with Crippen molar-refractivity contribution in [2.75, 3.05) is 11.8 Å². The van der Waals surface area contributed by atoms with E-state index in [9.17, 15) is 13.2 Å². The molecule has 1 amide bonds. The van der Waals surface area contributed by atoms with Gasteiger partial charge in [0.15, 0.2) is 0 Å². The lowest BCUT2D eigenvalue weighted by Gasteiger charge is -2.16. The molecule has 0 bridgehead atoms. The third kappa shape index (κ3) is 4.67. The highest BCUT2D eigenvalue weighted by molar-refractivity contribution is 7.92. The minimum absolute atomic E-state index is 0.118. The Morgan fingerprint density at radius 1 is 1.13 bits per heavy atom.